The fourth-order valence-electron chi connectivity index (χ4n) is 3.24. The second kappa shape index (κ2) is 8.19. The fraction of sp³-hybridized carbons (Fsp3) is 0.619. The molecule has 3 rings (SSSR count). The molecule has 0 spiro atoms. The first kappa shape index (κ1) is 19.5. The van der Waals surface area contributed by atoms with Gasteiger partial charge in [-0.15, -0.1) is 0 Å². The normalized spacial score (nSPS) is 19.7. The number of nitrogens with zero attached hydrogens (tertiary/aromatic N) is 2. The van der Waals surface area contributed by atoms with E-state index in [1.807, 2.05) is 56.0 Å². The van der Waals surface area contributed by atoms with Gasteiger partial charge in [-0.2, -0.15) is 0 Å². The summed E-state index contributed by atoms with van der Waals surface area (Å²) >= 11 is 0. The molecule has 0 radical (unpaired) electrons. The van der Waals surface area contributed by atoms with Crippen molar-refractivity contribution in [3.8, 4) is 0 Å². The lowest BCUT2D eigenvalue weighted by atomic mass is 10.2. The molecule has 2 aliphatic rings. The topological polar surface area (TPSA) is 59.1 Å². The van der Waals surface area contributed by atoms with Crippen LogP contribution in [-0.2, 0) is 16.1 Å². The standard InChI is InChI=1S/C21H30N2O4/c1-21(2,3)27-20(25)23(13-16-9-10-16)18-11-12-22(14-18)19(24)26-15-17-7-5-4-6-8-17/h4-8,16,18H,9-15H2,1-3H3/t18-/m0/s1. The quantitative estimate of drug-likeness (QED) is 0.780. The minimum Gasteiger partial charge on any atom is -0.445 e. The number of carbonyl (C=O) groups is 2. The van der Waals surface area contributed by atoms with Crippen LogP contribution >= 0.6 is 0 Å². The molecule has 1 aliphatic carbocycles. The van der Waals surface area contributed by atoms with Gasteiger partial charge in [-0.25, -0.2) is 9.59 Å². The monoisotopic (exact) mass is 374 g/mol. The molecular weight excluding hydrogens is 344 g/mol. The van der Waals surface area contributed by atoms with Gasteiger partial charge in [0.25, 0.3) is 0 Å². The zero-order valence-corrected chi connectivity index (χ0v) is 16.5. The van der Waals surface area contributed by atoms with E-state index in [0.717, 1.165) is 24.8 Å². The highest BCUT2D eigenvalue weighted by molar-refractivity contribution is 5.70. The molecule has 1 aliphatic heterocycles. The molecule has 1 atom stereocenters. The Morgan fingerprint density at radius 2 is 1.85 bits per heavy atom. The van der Waals surface area contributed by atoms with E-state index in [4.69, 9.17) is 9.47 Å². The molecule has 0 bridgehead atoms. The second-order valence-corrected chi connectivity index (χ2v) is 8.50. The Labute approximate surface area is 161 Å². The Hall–Kier alpha value is -2.24. The summed E-state index contributed by atoms with van der Waals surface area (Å²) in [7, 11) is 0. The summed E-state index contributed by atoms with van der Waals surface area (Å²) in [6.45, 7) is 7.71. The second-order valence-electron chi connectivity index (χ2n) is 8.50. The van der Waals surface area contributed by atoms with E-state index in [0.29, 0.717) is 25.6 Å². The molecular formula is C21H30N2O4. The Kier molecular flexibility index (Phi) is 5.92. The van der Waals surface area contributed by atoms with E-state index < -0.39 is 5.60 Å². The number of likely N-dealkylation sites (tertiary alicyclic amines) is 1. The van der Waals surface area contributed by atoms with E-state index in [9.17, 15) is 9.59 Å². The van der Waals surface area contributed by atoms with Crippen LogP contribution in [0.2, 0.25) is 0 Å². The summed E-state index contributed by atoms with van der Waals surface area (Å²) in [4.78, 5) is 28.6. The van der Waals surface area contributed by atoms with Gasteiger partial charge in [0.05, 0.1) is 6.04 Å². The van der Waals surface area contributed by atoms with Crippen LogP contribution in [0.3, 0.4) is 0 Å². The van der Waals surface area contributed by atoms with Crippen molar-refractivity contribution in [1.82, 2.24) is 9.80 Å². The number of benzene rings is 1. The van der Waals surface area contributed by atoms with Crippen molar-refractivity contribution in [2.45, 2.75) is 58.3 Å². The molecule has 1 saturated carbocycles. The molecule has 2 amide bonds. The molecule has 6 heteroatoms. The lowest BCUT2D eigenvalue weighted by Crippen LogP contribution is -2.46. The Morgan fingerprint density at radius 1 is 1.15 bits per heavy atom. The lowest BCUT2D eigenvalue weighted by Gasteiger charge is -2.31. The maximum atomic E-state index is 12.7. The van der Waals surface area contributed by atoms with Crippen LogP contribution in [0.15, 0.2) is 30.3 Å². The van der Waals surface area contributed by atoms with Gasteiger partial charge >= 0.3 is 12.2 Å². The summed E-state index contributed by atoms with van der Waals surface area (Å²) in [6, 6.07) is 9.63. The smallest absolute Gasteiger partial charge is 0.410 e. The first-order chi connectivity index (χ1) is 12.8. The van der Waals surface area contributed by atoms with Crippen molar-refractivity contribution in [2.24, 2.45) is 5.92 Å². The SMILES string of the molecule is CC(C)(C)OC(=O)N(CC1CC1)[C@H]1CCN(C(=O)OCc2ccccc2)C1. The first-order valence-corrected chi connectivity index (χ1v) is 9.77. The van der Waals surface area contributed by atoms with Gasteiger partial charge in [0.1, 0.15) is 12.2 Å². The van der Waals surface area contributed by atoms with Crippen molar-refractivity contribution in [3.05, 3.63) is 35.9 Å². The van der Waals surface area contributed by atoms with E-state index in [2.05, 4.69) is 0 Å². The Morgan fingerprint density at radius 3 is 2.48 bits per heavy atom. The molecule has 0 aromatic heterocycles. The van der Waals surface area contributed by atoms with Crippen molar-refractivity contribution < 1.29 is 19.1 Å². The minimum absolute atomic E-state index is 0.00951. The molecule has 2 fully saturated rings. The van der Waals surface area contributed by atoms with Crippen LogP contribution in [0.25, 0.3) is 0 Å². The third-order valence-corrected chi connectivity index (χ3v) is 4.85. The van der Waals surface area contributed by atoms with Crippen molar-refractivity contribution in [2.75, 3.05) is 19.6 Å². The Bertz CT molecular complexity index is 652. The summed E-state index contributed by atoms with van der Waals surface area (Å²) in [5.41, 5.74) is 0.442. The van der Waals surface area contributed by atoms with E-state index >= 15 is 0 Å². The maximum Gasteiger partial charge on any atom is 0.410 e. The van der Waals surface area contributed by atoms with Gasteiger partial charge in [0, 0.05) is 19.6 Å². The van der Waals surface area contributed by atoms with Gasteiger partial charge in [0.2, 0.25) is 0 Å². The van der Waals surface area contributed by atoms with E-state index in [1.165, 1.54) is 0 Å². The van der Waals surface area contributed by atoms with Crippen LogP contribution < -0.4 is 0 Å². The van der Waals surface area contributed by atoms with Gasteiger partial charge in [0.15, 0.2) is 0 Å². The average molecular weight is 374 g/mol. The first-order valence-electron chi connectivity index (χ1n) is 9.77. The van der Waals surface area contributed by atoms with Gasteiger partial charge < -0.3 is 19.3 Å². The number of hydrogen-bond donors (Lipinski definition) is 0. The van der Waals surface area contributed by atoms with Crippen LogP contribution in [0.4, 0.5) is 9.59 Å². The highest BCUT2D eigenvalue weighted by atomic mass is 16.6. The molecule has 6 nitrogen and oxygen atoms in total. The Balaban J connectivity index is 1.54. The number of rotatable bonds is 5. The predicted molar refractivity (Wildman–Crippen MR) is 102 cm³/mol. The molecule has 1 heterocycles. The summed E-state index contributed by atoms with van der Waals surface area (Å²) in [5, 5.41) is 0. The van der Waals surface area contributed by atoms with Crippen LogP contribution in [0, 0.1) is 5.92 Å². The van der Waals surface area contributed by atoms with Crippen LogP contribution in [0.1, 0.15) is 45.6 Å². The number of ether oxygens (including phenoxy) is 2. The molecule has 1 aromatic rings. The third kappa shape index (κ3) is 5.88. The highest BCUT2D eigenvalue weighted by Crippen LogP contribution is 2.32. The highest BCUT2D eigenvalue weighted by Gasteiger charge is 2.38. The van der Waals surface area contributed by atoms with Crippen LogP contribution in [-0.4, -0.2) is 53.3 Å². The summed E-state index contributed by atoms with van der Waals surface area (Å²) in [5.74, 6) is 0.566. The largest absolute Gasteiger partial charge is 0.445 e. The lowest BCUT2D eigenvalue weighted by molar-refractivity contribution is 0.0153. The van der Waals surface area contributed by atoms with Gasteiger partial charge in [-0.05, 0) is 51.5 Å². The number of amides is 2. The van der Waals surface area contributed by atoms with E-state index in [1.54, 1.807) is 4.90 Å². The predicted octanol–water partition coefficient (Wildman–Crippen LogP) is 4.04. The fourth-order valence-corrected chi connectivity index (χ4v) is 3.24. The maximum absolute atomic E-state index is 12.7. The summed E-state index contributed by atoms with van der Waals surface area (Å²) < 4.78 is 11.0. The molecule has 27 heavy (non-hydrogen) atoms. The minimum atomic E-state index is -0.522. The zero-order chi connectivity index (χ0) is 19.4. The number of hydrogen-bond acceptors (Lipinski definition) is 4. The third-order valence-electron chi connectivity index (χ3n) is 4.85. The molecule has 0 unspecified atom stereocenters. The summed E-state index contributed by atoms with van der Waals surface area (Å²) in [6.07, 6.45) is 2.48. The number of carbonyl (C=O) groups excluding carboxylic acids is 2. The molecule has 1 saturated heterocycles. The van der Waals surface area contributed by atoms with E-state index in [-0.39, 0.29) is 24.8 Å². The van der Waals surface area contributed by atoms with Crippen molar-refractivity contribution >= 4 is 12.2 Å². The van der Waals surface area contributed by atoms with Crippen molar-refractivity contribution in [1.29, 1.82) is 0 Å². The zero-order valence-electron chi connectivity index (χ0n) is 16.5. The molecule has 0 N–H and O–H groups in total. The average Bonchev–Trinajstić information content (AvgIpc) is 3.31. The van der Waals surface area contributed by atoms with Crippen molar-refractivity contribution in [3.63, 3.8) is 0 Å². The molecule has 148 valence electrons. The molecule has 1 aromatic carbocycles. The van der Waals surface area contributed by atoms with Gasteiger partial charge in [-0.1, -0.05) is 30.3 Å². The van der Waals surface area contributed by atoms with Gasteiger partial charge in [-0.3, -0.25) is 0 Å². The van der Waals surface area contributed by atoms with Crippen LogP contribution in [0.5, 0.6) is 0 Å².